The van der Waals surface area contributed by atoms with Crippen molar-refractivity contribution < 1.29 is 19.7 Å². The lowest BCUT2D eigenvalue weighted by molar-refractivity contribution is -0.136. The number of aliphatic hydroxyl groups is 1. The van der Waals surface area contributed by atoms with Gasteiger partial charge in [-0.25, -0.2) is 0 Å². The number of para-hydroxylation sites is 1. The third-order valence-corrected chi connectivity index (χ3v) is 3.88. The smallest absolute Gasteiger partial charge is 0.303 e. The van der Waals surface area contributed by atoms with Crippen LogP contribution in [0.4, 0.5) is 0 Å². The summed E-state index contributed by atoms with van der Waals surface area (Å²) in [6, 6.07) is 5.91. The molecule has 1 saturated carbocycles. The van der Waals surface area contributed by atoms with Gasteiger partial charge in [0.2, 0.25) is 0 Å². The maximum Gasteiger partial charge on any atom is 0.303 e. The van der Waals surface area contributed by atoms with E-state index in [-0.39, 0.29) is 24.5 Å². The van der Waals surface area contributed by atoms with E-state index in [4.69, 9.17) is 9.84 Å². The van der Waals surface area contributed by atoms with E-state index in [0.717, 1.165) is 23.3 Å². The normalized spacial score (nSPS) is 28.6. The second-order valence-electron chi connectivity index (χ2n) is 5.12. The lowest BCUT2D eigenvalue weighted by Gasteiger charge is -2.11. The van der Waals surface area contributed by atoms with Crippen LogP contribution in [0.15, 0.2) is 18.2 Å². The number of aryl methyl sites for hydroxylation is 1. The van der Waals surface area contributed by atoms with Crippen LogP contribution in [0, 0.1) is 0 Å². The summed E-state index contributed by atoms with van der Waals surface area (Å²) >= 11 is 0. The van der Waals surface area contributed by atoms with Crippen LogP contribution in [0.5, 0.6) is 5.75 Å². The van der Waals surface area contributed by atoms with Gasteiger partial charge in [0.05, 0.1) is 6.10 Å². The van der Waals surface area contributed by atoms with Crippen LogP contribution >= 0.6 is 0 Å². The summed E-state index contributed by atoms with van der Waals surface area (Å²) < 4.78 is 5.91. The highest BCUT2D eigenvalue weighted by atomic mass is 16.5. The molecule has 1 fully saturated rings. The highest BCUT2D eigenvalue weighted by Gasteiger charge is 2.42. The minimum absolute atomic E-state index is 0.0704. The number of hydrogen-bond acceptors (Lipinski definition) is 3. The molecule has 1 aliphatic carbocycles. The zero-order chi connectivity index (χ0) is 12.7. The molecule has 18 heavy (non-hydrogen) atoms. The fraction of sp³-hybridized carbons (Fsp3) is 0.500. The van der Waals surface area contributed by atoms with Gasteiger partial charge in [-0.3, -0.25) is 4.79 Å². The first kappa shape index (κ1) is 11.5. The lowest BCUT2D eigenvalue weighted by atomic mass is 9.95. The Kier molecular flexibility index (Phi) is 2.74. The van der Waals surface area contributed by atoms with Crippen molar-refractivity contribution in [2.24, 2.45) is 0 Å². The fourth-order valence-electron chi connectivity index (χ4n) is 3.06. The zero-order valence-electron chi connectivity index (χ0n) is 10.0. The SMILES string of the molecule is O=C(O)CCc1cccc2c1OC1C[C@H](O)CC21. The molecular weight excluding hydrogens is 232 g/mol. The van der Waals surface area contributed by atoms with Crippen molar-refractivity contribution in [3.8, 4) is 5.75 Å². The Balaban J connectivity index is 1.86. The van der Waals surface area contributed by atoms with Crippen LogP contribution in [-0.4, -0.2) is 28.4 Å². The third-order valence-electron chi connectivity index (χ3n) is 3.88. The molecule has 2 unspecified atom stereocenters. The number of aliphatic hydroxyl groups excluding tert-OH is 1. The van der Waals surface area contributed by atoms with E-state index in [1.54, 1.807) is 0 Å². The van der Waals surface area contributed by atoms with Crippen molar-refractivity contribution in [1.82, 2.24) is 0 Å². The van der Waals surface area contributed by atoms with E-state index < -0.39 is 5.97 Å². The fourth-order valence-corrected chi connectivity index (χ4v) is 3.06. The molecule has 0 amide bonds. The van der Waals surface area contributed by atoms with Gasteiger partial charge in [0.25, 0.3) is 0 Å². The lowest BCUT2D eigenvalue weighted by Crippen LogP contribution is -2.13. The van der Waals surface area contributed by atoms with Gasteiger partial charge in [0.15, 0.2) is 0 Å². The summed E-state index contributed by atoms with van der Waals surface area (Å²) in [6.07, 6.45) is 1.85. The van der Waals surface area contributed by atoms with Gasteiger partial charge in [-0.05, 0) is 18.4 Å². The van der Waals surface area contributed by atoms with Crippen LogP contribution in [0.25, 0.3) is 0 Å². The topological polar surface area (TPSA) is 66.8 Å². The average Bonchev–Trinajstić information content (AvgIpc) is 2.82. The molecule has 4 nitrogen and oxygen atoms in total. The third kappa shape index (κ3) is 1.86. The maximum absolute atomic E-state index is 10.6. The number of carboxylic acids is 1. The second kappa shape index (κ2) is 4.28. The molecule has 1 aromatic carbocycles. The first-order valence-corrected chi connectivity index (χ1v) is 6.33. The predicted molar refractivity (Wildman–Crippen MR) is 64.8 cm³/mol. The van der Waals surface area contributed by atoms with Crippen molar-refractivity contribution in [3.63, 3.8) is 0 Å². The summed E-state index contributed by atoms with van der Waals surface area (Å²) in [5.74, 6) is 0.349. The Morgan fingerprint density at radius 3 is 3.00 bits per heavy atom. The monoisotopic (exact) mass is 248 g/mol. The summed E-state index contributed by atoms with van der Waals surface area (Å²) in [7, 11) is 0. The quantitative estimate of drug-likeness (QED) is 0.854. The van der Waals surface area contributed by atoms with Crippen molar-refractivity contribution in [3.05, 3.63) is 29.3 Å². The van der Waals surface area contributed by atoms with Crippen LogP contribution in [-0.2, 0) is 11.2 Å². The molecule has 0 saturated heterocycles. The molecule has 4 heteroatoms. The molecule has 0 aromatic heterocycles. The first-order valence-electron chi connectivity index (χ1n) is 6.33. The number of rotatable bonds is 3. The highest BCUT2D eigenvalue weighted by molar-refractivity contribution is 5.67. The number of benzene rings is 1. The molecule has 0 radical (unpaired) electrons. The Morgan fingerprint density at radius 2 is 2.22 bits per heavy atom. The number of carboxylic acid groups (broad SMARTS) is 1. The Hall–Kier alpha value is -1.55. The molecule has 0 spiro atoms. The van der Waals surface area contributed by atoms with E-state index in [2.05, 4.69) is 0 Å². The molecule has 1 aliphatic heterocycles. The average molecular weight is 248 g/mol. The number of ether oxygens (including phenoxy) is 1. The van der Waals surface area contributed by atoms with E-state index in [1.165, 1.54) is 0 Å². The van der Waals surface area contributed by atoms with Gasteiger partial charge < -0.3 is 14.9 Å². The maximum atomic E-state index is 10.6. The van der Waals surface area contributed by atoms with Gasteiger partial charge in [0.1, 0.15) is 11.9 Å². The van der Waals surface area contributed by atoms with E-state index in [9.17, 15) is 9.90 Å². The Bertz CT molecular complexity index is 483. The second-order valence-corrected chi connectivity index (χ2v) is 5.12. The van der Waals surface area contributed by atoms with Crippen LogP contribution in [0.2, 0.25) is 0 Å². The van der Waals surface area contributed by atoms with Gasteiger partial charge in [-0.1, -0.05) is 18.2 Å². The largest absolute Gasteiger partial charge is 0.489 e. The summed E-state index contributed by atoms with van der Waals surface area (Å²) in [5.41, 5.74) is 2.11. The Labute approximate surface area is 105 Å². The summed E-state index contributed by atoms with van der Waals surface area (Å²) in [5, 5.41) is 18.4. The van der Waals surface area contributed by atoms with Crippen LogP contribution in [0.3, 0.4) is 0 Å². The van der Waals surface area contributed by atoms with Gasteiger partial charge in [0, 0.05) is 24.3 Å². The summed E-state index contributed by atoms with van der Waals surface area (Å²) in [4.78, 5) is 10.6. The molecule has 2 aliphatic rings. The first-order chi connectivity index (χ1) is 8.65. The minimum Gasteiger partial charge on any atom is -0.489 e. The molecule has 2 N–H and O–H groups in total. The summed E-state index contributed by atoms with van der Waals surface area (Å²) in [6.45, 7) is 0. The van der Waals surface area contributed by atoms with E-state index in [0.29, 0.717) is 12.8 Å². The molecule has 1 aromatic rings. The predicted octanol–water partition coefficient (Wildman–Crippen LogP) is 1.70. The molecule has 3 rings (SSSR count). The van der Waals surface area contributed by atoms with Crippen LogP contribution in [0.1, 0.15) is 36.3 Å². The van der Waals surface area contributed by atoms with Gasteiger partial charge >= 0.3 is 5.97 Å². The number of hydrogen-bond donors (Lipinski definition) is 2. The van der Waals surface area contributed by atoms with Crippen molar-refractivity contribution >= 4 is 5.97 Å². The Morgan fingerprint density at radius 1 is 1.39 bits per heavy atom. The molecule has 3 atom stereocenters. The molecular formula is C14H16O4. The van der Waals surface area contributed by atoms with E-state index >= 15 is 0 Å². The van der Waals surface area contributed by atoms with Gasteiger partial charge in [-0.2, -0.15) is 0 Å². The van der Waals surface area contributed by atoms with Crippen molar-refractivity contribution in [1.29, 1.82) is 0 Å². The highest BCUT2D eigenvalue weighted by Crippen LogP contribution is 2.48. The zero-order valence-corrected chi connectivity index (χ0v) is 10.0. The minimum atomic E-state index is -0.791. The van der Waals surface area contributed by atoms with Crippen molar-refractivity contribution in [2.75, 3.05) is 0 Å². The van der Waals surface area contributed by atoms with Gasteiger partial charge in [-0.15, -0.1) is 0 Å². The van der Waals surface area contributed by atoms with Crippen LogP contribution < -0.4 is 4.74 Å². The van der Waals surface area contributed by atoms with E-state index in [1.807, 2.05) is 18.2 Å². The molecule has 0 bridgehead atoms. The number of fused-ring (bicyclic) bond motifs is 3. The molecule has 1 heterocycles. The number of aliphatic carboxylic acids is 1. The number of carbonyl (C=O) groups is 1. The molecule has 96 valence electrons. The van der Waals surface area contributed by atoms with Crippen molar-refractivity contribution in [2.45, 2.75) is 43.8 Å². The standard InChI is InChI=1S/C14H16O4/c15-9-6-11-10-3-1-2-8(4-5-13(16)17)14(10)18-12(11)7-9/h1-3,9,11-12,15H,4-7H2,(H,16,17)/t9-,11?,12?/m1/s1.